The minimum absolute atomic E-state index is 0.173. The molecule has 0 amide bonds. The summed E-state index contributed by atoms with van der Waals surface area (Å²) in [5.74, 6) is 1.09. The molecule has 1 aliphatic carbocycles. The first-order valence-corrected chi connectivity index (χ1v) is 7.82. The summed E-state index contributed by atoms with van der Waals surface area (Å²) >= 11 is 0. The Morgan fingerprint density at radius 3 is 2.10 bits per heavy atom. The number of rotatable bonds is 4. The summed E-state index contributed by atoms with van der Waals surface area (Å²) in [6.07, 6.45) is 2.40. The lowest BCUT2D eigenvalue weighted by molar-refractivity contribution is -0.121. The number of carbonyl (C=O) groups is 1. The third-order valence-electron chi connectivity index (χ3n) is 4.53. The van der Waals surface area contributed by atoms with Gasteiger partial charge in [-0.25, -0.2) is 0 Å². The Balaban J connectivity index is 1.65. The van der Waals surface area contributed by atoms with Crippen LogP contribution in [0, 0.1) is 5.92 Å². The highest BCUT2D eigenvalue weighted by Crippen LogP contribution is 2.28. The number of fused-ring (bicyclic) bond motifs is 1. The van der Waals surface area contributed by atoms with Gasteiger partial charge in [-0.1, -0.05) is 62.4 Å². The van der Waals surface area contributed by atoms with Gasteiger partial charge in [0.1, 0.15) is 5.78 Å². The Morgan fingerprint density at radius 1 is 1.00 bits per heavy atom. The largest absolute Gasteiger partial charge is 0.299 e. The van der Waals surface area contributed by atoms with E-state index >= 15 is 0 Å². The molecule has 0 fully saturated rings. The zero-order valence-corrected chi connectivity index (χ0v) is 12.8. The van der Waals surface area contributed by atoms with Crippen molar-refractivity contribution in [1.82, 2.24) is 0 Å². The third kappa shape index (κ3) is 3.07. The minimum Gasteiger partial charge on any atom is -0.299 e. The molecule has 1 nitrogen and oxygen atoms in total. The third-order valence-corrected chi connectivity index (χ3v) is 4.53. The second kappa shape index (κ2) is 5.85. The molecule has 2 aromatic rings. The normalized spacial score (nSPS) is 14.4. The highest BCUT2D eigenvalue weighted by Gasteiger charge is 2.26. The summed E-state index contributed by atoms with van der Waals surface area (Å²) in [5.41, 5.74) is 5.18. The van der Waals surface area contributed by atoms with Crippen LogP contribution in [0.15, 0.2) is 48.5 Å². The lowest BCUT2D eigenvalue weighted by atomic mass is 9.94. The van der Waals surface area contributed by atoms with Gasteiger partial charge in [-0.3, -0.25) is 4.79 Å². The molecule has 2 aromatic carbocycles. The van der Waals surface area contributed by atoms with Crippen molar-refractivity contribution in [3.63, 3.8) is 0 Å². The minimum atomic E-state index is 0.173. The topological polar surface area (TPSA) is 17.1 Å². The fraction of sp³-hybridized carbons (Fsp3) is 0.350. The zero-order chi connectivity index (χ0) is 14.8. The highest BCUT2D eigenvalue weighted by atomic mass is 16.1. The van der Waals surface area contributed by atoms with Crippen molar-refractivity contribution in [3.05, 3.63) is 70.8 Å². The molecule has 0 bridgehead atoms. The van der Waals surface area contributed by atoms with Crippen LogP contribution in [-0.4, -0.2) is 5.78 Å². The average molecular weight is 278 g/mol. The molecule has 3 rings (SSSR count). The maximum atomic E-state index is 12.5. The van der Waals surface area contributed by atoms with E-state index in [0.29, 0.717) is 18.1 Å². The van der Waals surface area contributed by atoms with E-state index in [0.717, 1.165) is 18.4 Å². The van der Waals surface area contributed by atoms with Gasteiger partial charge < -0.3 is 0 Å². The maximum Gasteiger partial charge on any atom is 0.140 e. The molecule has 21 heavy (non-hydrogen) atoms. The van der Waals surface area contributed by atoms with E-state index < -0.39 is 0 Å². The Bertz CT molecular complexity index is 612. The van der Waals surface area contributed by atoms with Crippen LogP contribution in [0.2, 0.25) is 0 Å². The Morgan fingerprint density at radius 2 is 1.57 bits per heavy atom. The van der Waals surface area contributed by atoms with Crippen LogP contribution in [-0.2, 0) is 24.1 Å². The van der Waals surface area contributed by atoms with Gasteiger partial charge in [0, 0.05) is 12.3 Å². The van der Waals surface area contributed by atoms with Crippen LogP contribution in [0.1, 0.15) is 42.0 Å². The van der Waals surface area contributed by atoms with Crippen molar-refractivity contribution in [3.8, 4) is 0 Å². The van der Waals surface area contributed by atoms with E-state index in [2.05, 4.69) is 62.4 Å². The SMILES string of the molecule is CC(C)c1ccc(CC(=O)C2Cc3ccccc3C2)cc1. The molecule has 108 valence electrons. The lowest BCUT2D eigenvalue weighted by Crippen LogP contribution is -2.17. The van der Waals surface area contributed by atoms with Crippen LogP contribution < -0.4 is 0 Å². The van der Waals surface area contributed by atoms with Crippen LogP contribution in [0.3, 0.4) is 0 Å². The van der Waals surface area contributed by atoms with Crippen LogP contribution in [0.4, 0.5) is 0 Å². The van der Waals surface area contributed by atoms with Crippen LogP contribution >= 0.6 is 0 Å². The van der Waals surface area contributed by atoms with Crippen molar-refractivity contribution < 1.29 is 4.79 Å². The fourth-order valence-corrected chi connectivity index (χ4v) is 3.15. The van der Waals surface area contributed by atoms with Gasteiger partial charge in [-0.15, -0.1) is 0 Å². The maximum absolute atomic E-state index is 12.5. The van der Waals surface area contributed by atoms with E-state index in [9.17, 15) is 4.79 Å². The number of Topliss-reactive ketones (excluding diaryl/α,β-unsaturated/α-hetero) is 1. The molecule has 0 spiro atoms. The lowest BCUT2D eigenvalue weighted by Gasteiger charge is -2.10. The standard InChI is InChI=1S/C20H22O/c1-14(2)16-9-7-15(8-10-16)11-20(21)19-12-17-5-3-4-6-18(17)13-19/h3-10,14,19H,11-13H2,1-2H3. The van der Waals surface area contributed by atoms with Gasteiger partial charge >= 0.3 is 0 Å². The Hall–Kier alpha value is -1.89. The van der Waals surface area contributed by atoms with Crippen molar-refractivity contribution in [1.29, 1.82) is 0 Å². The summed E-state index contributed by atoms with van der Waals surface area (Å²) < 4.78 is 0. The molecule has 0 aliphatic heterocycles. The molecule has 0 radical (unpaired) electrons. The van der Waals surface area contributed by atoms with E-state index in [-0.39, 0.29) is 5.92 Å². The molecule has 0 saturated carbocycles. The number of hydrogen-bond donors (Lipinski definition) is 0. The molecule has 1 aliphatic rings. The fourth-order valence-electron chi connectivity index (χ4n) is 3.15. The molecule has 0 atom stereocenters. The summed E-state index contributed by atoms with van der Waals surface area (Å²) in [6.45, 7) is 4.38. The smallest absolute Gasteiger partial charge is 0.140 e. The number of ketones is 1. The van der Waals surface area contributed by atoms with E-state index in [1.165, 1.54) is 16.7 Å². The molecule has 1 heteroatoms. The average Bonchev–Trinajstić information content (AvgIpc) is 2.92. The summed E-state index contributed by atoms with van der Waals surface area (Å²) in [5, 5.41) is 0. The summed E-state index contributed by atoms with van der Waals surface area (Å²) in [6, 6.07) is 16.9. The van der Waals surface area contributed by atoms with Gasteiger partial charge in [0.2, 0.25) is 0 Å². The first kappa shape index (κ1) is 14.1. The summed E-state index contributed by atoms with van der Waals surface area (Å²) in [4.78, 5) is 12.5. The Kier molecular flexibility index (Phi) is 3.92. The molecule has 0 aromatic heterocycles. The molecule has 0 heterocycles. The van der Waals surface area contributed by atoms with Crippen molar-refractivity contribution in [2.24, 2.45) is 5.92 Å². The monoisotopic (exact) mass is 278 g/mol. The van der Waals surface area contributed by atoms with Gasteiger partial charge in [0.15, 0.2) is 0 Å². The predicted molar refractivity (Wildman–Crippen MR) is 86.6 cm³/mol. The number of carbonyl (C=O) groups excluding carboxylic acids is 1. The molecule has 0 unspecified atom stereocenters. The van der Waals surface area contributed by atoms with Gasteiger partial charge in [-0.05, 0) is 41.0 Å². The second-order valence-corrected chi connectivity index (χ2v) is 6.41. The first-order chi connectivity index (χ1) is 10.1. The van der Waals surface area contributed by atoms with E-state index in [1.54, 1.807) is 0 Å². The summed E-state index contributed by atoms with van der Waals surface area (Å²) in [7, 11) is 0. The van der Waals surface area contributed by atoms with Crippen LogP contribution in [0.5, 0.6) is 0 Å². The van der Waals surface area contributed by atoms with Crippen molar-refractivity contribution in [2.75, 3.05) is 0 Å². The van der Waals surface area contributed by atoms with Crippen molar-refractivity contribution in [2.45, 2.75) is 39.0 Å². The van der Waals surface area contributed by atoms with Crippen molar-refractivity contribution >= 4 is 5.78 Å². The molecular weight excluding hydrogens is 256 g/mol. The van der Waals surface area contributed by atoms with Gasteiger partial charge in [0.05, 0.1) is 0 Å². The zero-order valence-electron chi connectivity index (χ0n) is 12.8. The first-order valence-electron chi connectivity index (χ1n) is 7.82. The Labute approximate surface area is 127 Å². The van der Waals surface area contributed by atoms with Gasteiger partial charge in [-0.2, -0.15) is 0 Å². The second-order valence-electron chi connectivity index (χ2n) is 6.41. The van der Waals surface area contributed by atoms with E-state index in [4.69, 9.17) is 0 Å². The quantitative estimate of drug-likeness (QED) is 0.813. The van der Waals surface area contributed by atoms with Gasteiger partial charge in [0.25, 0.3) is 0 Å². The molecule has 0 saturated heterocycles. The molecule has 0 N–H and O–H groups in total. The number of benzene rings is 2. The van der Waals surface area contributed by atoms with E-state index in [1.807, 2.05) is 0 Å². The number of hydrogen-bond acceptors (Lipinski definition) is 1. The predicted octanol–water partition coefficient (Wildman–Crippen LogP) is 4.34. The molecular formula is C20H22O. The highest BCUT2D eigenvalue weighted by molar-refractivity contribution is 5.84. The van der Waals surface area contributed by atoms with Crippen LogP contribution in [0.25, 0.3) is 0 Å².